The first-order valence-corrected chi connectivity index (χ1v) is 27.8. The quantitative estimate of drug-likeness (QED) is 0.0619. The van der Waals surface area contributed by atoms with E-state index in [9.17, 15) is 23.3 Å². The number of rotatable bonds is 16. The zero-order chi connectivity index (χ0) is 51.8. The summed E-state index contributed by atoms with van der Waals surface area (Å²) >= 11 is 0. The lowest BCUT2D eigenvalue weighted by Gasteiger charge is -2.58. The fourth-order valence-corrected chi connectivity index (χ4v) is 13.1. The van der Waals surface area contributed by atoms with E-state index in [0.29, 0.717) is 41.9 Å². The molecule has 390 valence electrons. The van der Waals surface area contributed by atoms with Crippen molar-refractivity contribution >= 4 is 44.0 Å². The minimum atomic E-state index is -4.56. The number of anilines is 2. The van der Waals surface area contributed by atoms with Crippen LogP contribution in [0.4, 0.5) is 17.1 Å². The molecule has 16 heteroatoms. The number of piperazine rings is 1. The number of H-pyrrole nitrogens is 1. The number of pyridine rings is 1. The lowest BCUT2D eigenvalue weighted by molar-refractivity contribution is -0.384. The van der Waals surface area contributed by atoms with E-state index in [-0.39, 0.29) is 33.5 Å². The number of hydrogen-bond donors (Lipinski definition) is 3. The number of aromatic amines is 1. The number of methoxy groups -OCH3 is 1. The van der Waals surface area contributed by atoms with Gasteiger partial charge in [-0.25, -0.2) is 18.1 Å². The highest BCUT2D eigenvalue weighted by molar-refractivity contribution is 7.90. The van der Waals surface area contributed by atoms with Crippen LogP contribution < -0.4 is 24.4 Å². The first kappa shape index (κ1) is 51.0. The van der Waals surface area contributed by atoms with E-state index in [0.717, 1.165) is 114 Å². The lowest BCUT2D eigenvalue weighted by atomic mass is 9.59. The number of nitro groups is 1. The van der Waals surface area contributed by atoms with Crippen LogP contribution in [0.3, 0.4) is 0 Å². The second-order valence-corrected chi connectivity index (χ2v) is 24.1. The third kappa shape index (κ3) is 11.1. The number of ether oxygens (including phenoxy) is 2. The summed E-state index contributed by atoms with van der Waals surface area (Å²) in [6, 6.07) is 30.8. The first-order chi connectivity index (χ1) is 35.5. The van der Waals surface area contributed by atoms with Crippen molar-refractivity contribution < 1.29 is 27.6 Å². The van der Waals surface area contributed by atoms with Gasteiger partial charge in [-0.2, -0.15) is 0 Å². The molecule has 10 rings (SSSR count). The van der Waals surface area contributed by atoms with Crippen molar-refractivity contribution in [2.75, 3.05) is 56.6 Å². The fraction of sp³-hybridized carbons (Fsp3) is 0.448. The third-order valence-electron chi connectivity index (χ3n) is 16.6. The van der Waals surface area contributed by atoms with Crippen LogP contribution in [-0.4, -0.2) is 91.4 Å². The summed E-state index contributed by atoms with van der Waals surface area (Å²) in [5.41, 5.74) is 6.05. The molecular formula is C58H70N8O7S. The van der Waals surface area contributed by atoms with Crippen molar-refractivity contribution in [1.29, 1.82) is 0 Å². The predicted molar refractivity (Wildman–Crippen MR) is 290 cm³/mol. The van der Waals surface area contributed by atoms with Crippen molar-refractivity contribution in [3.05, 3.63) is 142 Å². The van der Waals surface area contributed by atoms with Gasteiger partial charge in [0.15, 0.2) is 0 Å². The molecule has 1 spiro atoms. The molecule has 15 nitrogen and oxygen atoms in total. The smallest absolute Gasteiger partial charge is 0.293 e. The average Bonchev–Trinajstić information content (AvgIpc) is 3.86. The maximum atomic E-state index is 14.1. The van der Waals surface area contributed by atoms with Crippen LogP contribution in [0.15, 0.2) is 114 Å². The van der Waals surface area contributed by atoms with Crippen LogP contribution >= 0.6 is 0 Å². The van der Waals surface area contributed by atoms with Gasteiger partial charge in [-0.3, -0.25) is 24.7 Å². The number of nitro benzene ring substituents is 1. The standard InChI is InChI=1S/C58H70N8O7S/c1-39(2)48-8-6-7-9-49(48)53-38-63(37-41-10-13-45(72-5)14-11-41)28-29-65(53)44-33-58(34-44)23-26-64(27-24-58)43-12-16-50(54(31-43)73-46-30-42-20-25-59-55(42)61-36-46)56(67)62-74(70,71)47-15-17-51(52(32-47)66(68)69)60-35-40-18-21-57(3,4)22-19-40/h6-17,20,25,30-32,36,39-40,44,53,60H,18-19,21-24,26-29,33-35,37-38H2,1-5H3,(H,59,61)(H,62,67)/t53-/m0/s1. The number of amides is 1. The Kier molecular flexibility index (Phi) is 14.5. The maximum Gasteiger partial charge on any atom is 0.293 e. The molecule has 0 radical (unpaired) electrons. The van der Waals surface area contributed by atoms with Crippen molar-refractivity contribution in [2.45, 2.75) is 109 Å². The molecule has 6 aromatic rings. The summed E-state index contributed by atoms with van der Waals surface area (Å²) in [5, 5.41) is 16.3. The molecule has 2 saturated heterocycles. The fourth-order valence-electron chi connectivity index (χ4n) is 12.1. The number of nitrogens with zero attached hydrogens (tertiary/aromatic N) is 5. The van der Waals surface area contributed by atoms with Crippen LogP contribution in [0.25, 0.3) is 11.0 Å². The lowest BCUT2D eigenvalue weighted by Crippen LogP contribution is -2.60. The van der Waals surface area contributed by atoms with Crippen molar-refractivity contribution in [1.82, 2.24) is 24.5 Å². The molecule has 4 aliphatic rings. The Morgan fingerprint density at radius 2 is 1.66 bits per heavy atom. The second kappa shape index (κ2) is 21.0. The summed E-state index contributed by atoms with van der Waals surface area (Å²) in [6.45, 7) is 15.2. The van der Waals surface area contributed by atoms with Gasteiger partial charge in [-0.05, 0) is 139 Å². The Morgan fingerprint density at radius 3 is 2.39 bits per heavy atom. The highest BCUT2D eigenvalue weighted by Gasteiger charge is 2.50. The number of hydrogen-bond acceptors (Lipinski definition) is 12. The molecule has 2 aliphatic heterocycles. The summed E-state index contributed by atoms with van der Waals surface area (Å²) in [6.07, 6.45) is 11.9. The number of nitrogens with one attached hydrogen (secondary N) is 3. The minimum absolute atomic E-state index is 0.0112. The third-order valence-corrected chi connectivity index (χ3v) is 17.9. The van der Waals surface area contributed by atoms with Gasteiger partial charge in [0.2, 0.25) is 0 Å². The van der Waals surface area contributed by atoms with Crippen molar-refractivity contribution in [2.24, 2.45) is 16.7 Å². The van der Waals surface area contributed by atoms with E-state index in [2.05, 4.69) is 98.8 Å². The Labute approximate surface area is 435 Å². The molecular weight excluding hydrogens is 953 g/mol. The molecule has 4 aromatic carbocycles. The van der Waals surface area contributed by atoms with Crippen LogP contribution in [0, 0.1) is 26.9 Å². The minimum Gasteiger partial charge on any atom is -0.497 e. The SMILES string of the molecule is COc1ccc(CN2CCN(C3CC4(CCN(c5ccc(C(=O)NS(=O)(=O)c6ccc(NCC7CCC(C)(C)CC7)c([N+](=O)[O-])c6)c(Oc6cnc7[nH]ccc7c6)c5)CC4)C3)[C@H](c3ccccc3C(C)C)C2)cc1. The van der Waals surface area contributed by atoms with E-state index in [1.807, 2.05) is 24.3 Å². The van der Waals surface area contributed by atoms with E-state index in [1.165, 1.54) is 28.8 Å². The first-order valence-electron chi connectivity index (χ1n) is 26.3. The molecule has 2 aromatic heterocycles. The summed E-state index contributed by atoms with van der Waals surface area (Å²) in [7, 11) is -2.86. The molecule has 4 fully saturated rings. The number of aromatic nitrogens is 2. The van der Waals surface area contributed by atoms with E-state index in [1.54, 1.807) is 37.7 Å². The van der Waals surface area contributed by atoms with Crippen molar-refractivity contribution in [3.8, 4) is 17.2 Å². The van der Waals surface area contributed by atoms with Crippen LogP contribution in [0.1, 0.15) is 118 Å². The van der Waals surface area contributed by atoms with Gasteiger partial charge in [-0.1, -0.05) is 64.1 Å². The topological polar surface area (TPSA) is 175 Å². The predicted octanol–water partition coefficient (Wildman–Crippen LogP) is 11.5. The summed E-state index contributed by atoms with van der Waals surface area (Å²) < 4.78 is 41.8. The van der Waals surface area contributed by atoms with Gasteiger partial charge >= 0.3 is 0 Å². The molecule has 0 unspecified atom stereocenters. The molecule has 2 saturated carbocycles. The molecule has 0 bridgehead atoms. The van der Waals surface area contributed by atoms with Gasteiger partial charge in [0.25, 0.3) is 21.6 Å². The number of fused-ring (bicyclic) bond motifs is 1. The Hall–Kier alpha value is -6.49. The van der Waals surface area contributed by atoms with Crippen LogP contribution in [0.5, 0.6) is 17.2 Å². The van der Waals surface area contributed by atoms with Crippen LogP contribution in [-0.2, 0) is 16.6 Å². The average molecular weight is 1020 g/mol. The van der Waals surface area contributed by atoms with Gasteiger partial charge in [0, 0.05) is 87.3 Å². The Morgan fingerprint density at radius 1 is 0.905 bits per heavy atom. The highest BCUT2D eigenvalue weighted by Crippen LogP contribution is 2.53. The number of piperidine rings is 1. The number of benzene rings is 4. The summed E-state index contributed by atoms with van der Waals surface area (Å²) in [4.78, 5) is 40.7. The van der Waals surface area contributed by atoms with Crippen LogP contribution in [0.2, 0.25) is 0 Å². The Balaban J connectivity index is 0.830. The van der Waals surface area contributed by atoms with Gasteiger partial charge in [-0.15, -0.1) is 0 Å². The molecule has 3 N–H and O–H groups in total. The van der Waals surface area contributed by atoms with E-state index in [4.69, 9.17) is 9.47 Å². The molecule has 74 heavy (non-hydrogen) atoms. The zero-order valence-electron chi connectivity index (χ0n) is 43.3. The molecule has 1 atom stereocenters. The number of sulfonamides is 1. The number of carbonyl (C=O) groups excluding carboxylic acids is 1. The summed E-state index contributed by atoms with van der Waals surface area (Å²) in [5.74, 6) is 1.25. The van der Waals surface area contributed by atoms with E-state index >= 15 is 0 Å². The van der Waals surface area contributed by atoms with Crippen molar-refractivity contribution in [3.63, 3.8) is 0 Å². The van der Waals surface area contributed by atoms with E-state index < -0.39 is 25.7 Å². The molecule has 2 aliphatic carbocycles. The van der Waals surface area contributed by atoms with Gasteiger partial charge < -0.3 is 24.7 Å². The Bertz CT molecular complexity index is 3100. The number of carbonyl (C=O) groups is 1. The highest BCUT2D eigenvalue weighted by atomic mass is 32.2. The normalized spacial score (nSPS) is 19.6. The van der Waals surface area contributed by atoms with Gasteiger partial charge in [0.1, 0.15) is 28.6 Å². The monoisotopic (exact) mass is 1020 g/mol. The van der Waals surface area contributed by atoms with Gasteiger partial charge in [0.05, 0.1) is 28.7 Å². The largest absolute Gasteiger partial charge is 0.497 e. The zero-order valence-corrected chi connectivity index (χ0v) is 44.1. The molecule has 4 heterocycles. The second-order valence-electron chi connectivity index (χ2n) is 22.4. The maximum absolute atomic E-state index is 14.1. The molecule has 1 amide bonds.